The highest BCUT2D eigenvalue weighted by Crippen LogP contribution is 2.18. The zero-order valence-corrected chi connectivity index (χ0v) is 8.94. The molecule has 0 saturated carbocycles. The van der Waals surface area contributed by atoms with Crippen molar-refractivity contribution in [2.45, 2.75) is 13.0 Å². The highest BCUT2D eigenvalue weighted by Gasteiger charge is 2.21. The van der Waals surface area contributed by atoms with Gasteiger partial charge in [-0.1, -0.05) is 6.07 Å². The van der Waals surface area contributed by atoms with Crippen LogP contribution in [0.5, 0.6) is 5.75 Å². The van der Waals surface area contributed by atoms with Gasteiger partial charge in [0.2, 0.25) is 0 Å². The van der Waals surface area contributed by atoms with Gasteiger partial charge in [0, 0.05) is 5.56 Å². The molecule has 1 amide bonds. The molecule has 0 N–H and O–H groups in total. The molecule has 1 fully saturated rings. The molecule has 92 valence electrons. The molecule has 0 aromatic heterocycles. The number of alkyl halides is 2. The number of nitrogens with zero attached hydrogens (tertiary/aromatic N) is 1. The second kappa shape index (κ2) is 5.09. The third-order valence-electron chi connectivity index (χ3n) is 2.29. The highest BCUT2D eigenvalue weighted by atomic mass is 19.3. The van der Waals surface area contributed by atoms with Gasteiger partial charge >= 0.3 is 6.61 Å². The Morgan fingerprint density at radius 2 is 2.29 bits per heavy atom. The summed E-state index contributed by atoms with van der Waals surface area (Å²) in [6.45, 7) is -1.89. The Labute approximate surface area is 96.7 Å². The van der Waals surface area contributed by atoms with E-state index in [4.69, 9.17) is 4.84 Å². The number of hydroxylamine groups is 2. The van der Waals surface area contributed by atoms with Crippen LogP contribution in [0, 0.1) is 0 Å². The van der Waals surface area contributed by atoms with Gasteiger partial charge in [0.15, 0.2) is 0 Å². The van der Waals surface area contributed by atoms with Crippen LogP contribution in [-0.4, -0.2) is 30.7 Å². The van der Waals surface area contributed by atoms with Crippen LogP contribution in [0.3, 0.4) is 0 Å². The van der Waals surface area contributed by atoms with Crippen molar-refractivity contribution in [3.63, 3.8) is 0 Å². The van der Waals surface area contributed by atoms with Crippen molar-refractivity contribution in [1.82, 2.24) is 5.06 Å². The topological polar surface area (TPSA) is 38.8 Å². The molecule has 1 saturated heterocycles. The molecule has 1 aliphatic heterocycles. The molecule has 0 bridgehead atoms. The van der Waals surface area contributed by atoms with Crippen LogP contribution < -0.4 is 4.74 Å². The minimum Gasteiger partial charge on any atom is -0.435 e. The van der Waals surface area contributed by atoms with Crippen molar-refractivity contribution < 1.29 is 23.1 Å². The summed E-state index contributed by atoms with van der Waals surface area (Å²) in [6.07, 6.45) is 0.777. The predicted molar refractivity (Wildman–Crippen MR) is 54.7 cm³/mol. The first-order valence-corrected chi connectivity index (χ1v) is 5.16. The molecule has 6 heteroatoms. The summed E-state index contributed by atoms with van der Waals surface area (Å²) in [5.41, 5.74) is 0.269. The van der Waals surface area contributed by atoms with Crippen LogP contribution in [0.1, 0.15) is 16.8 Å². The summed E-state index contributed by atoms with van der Waals surface area (Å²) in [6, 6.07) is 5.66. The number of ether oxygens (including phenoxy) is 1. The quantitative estimate of drug-likeness (QED) is 0.815. The van der Waals surface area contributed by atoms with Gasteiger partial charge in [-0.05, 0) is 24.6 Å². The number of halogens is 2. The largest absolute Gasteiger partial charge is 0.435 e. The monoisotopic (exact) mass is 243 g/mol. The normalized spacial score (nSPS) is 15.4. The van der Waals surface area contributed by atoms with Crippen molar-refractivity contribution in [2.75, 3.05) is 13.2 Å². The number of rotatable bonds is 3. The molecule has 0 radical (unpaired) electrons. The maximum absolute atomic E-state index is 12.0. The molecule has 1 aromatic carbocycles. The van der Waals surface area contributed by atoms with E-state index in [9.17, 15) is 13.6 Å². The Balaban J connectivity index is 2.12. The minimum atomic E-state index is -2.90. The van der Waals surface area contributed by atoms with Crippen LogP contribution >= 0.6 is 0 Å². The zero-order chi connectivity index (χ0) is 12.3. The van der Waals surface area contributed by atoms with Crippen LogP contribution in [0.4, 0.5) is 8.78 Å². The first-order valence-electron chi connectivity index (χ1n) is 5.16. The van der Waals surface area contributed by atoms with E-state index in [1.54, 1.807) is 0 Å². The average Bonchev–Trinajstić information content (AvgIpc) is 2.81. The van der Waals surface area contributed by atoms with E-state index < -0.39 is 6.61 Å². The summed E-state index contributed by atoms with van der Waals surface area (Å²) in [4.78, 5) is 16.9. The fraction of sp³-hybridized carbons (Fsp3) is 0.364. The lowest BCUT2D eigenvalue weighted by molar-refractivity contribution is -0.0769. The van der Waals surface area contributed by atoms with E-state index in [0.717, 1.165) is 6.42 Å². The molecule has 0 spiro atoms. The summed E-state index contributed by atoms with van der Waals surface area (Å²) in [5, 5.41) is 1.22. The SMILES string of the molecule is O=C(c1cccc(OC(F)F)c1)N1CCCO1. The van der Waals surface area contributed by atoms with Gasteiger partial charge in [-0.3, -0.25) is 9.63 Å². The first kappa shape index (κ1) is 11.8. The molecule has 1 aliphatic rings. The van der Waals surface area contributed by atoms with Gasteiger partial charge in [-0.15, -0.1) is 0 Å². The van der Waals surface area contributed by atoms with Crippen LogP contribution in [0.2, 0.25) is 0 Å². The molecule has 1 heterocycles. The molecule has 0 aliphatic carbocycles. The van der Waals surface area contributed by atoms with E-state index in [2.05, 4.69) is 4.74 Å². The number of carbonyl (C=O) groups excluding carboxylic acids is 1. The molecule has 0 unspecified atom stereocenters. The van der Waals surface area contributed by atoms with Crippen LogP contribution in [0.25, 0.3) is 0 Å². The van der Waals surface area contributed by atoms with E-state index in [1.807, 2.05) is 0 Å². The zero-order valence-electron chi connectivity index (χ0n) is 8.94. The Kier molecular flexibility index (Phi) is 3.53. The lowest BCUT2D eigenvalue weighted by atomic mass is 10.2. The van der Waals surface area contributed by atoms with E-state index in [0.29, 0.717) is 13.2 Å². The van der Waals surface area contributed by atoms with Gasteiger partial charge < -0.3 is 4.74 Å². The Morgan fingerprint density at radius 1 is 1.47 bits per heavy atom. The second-order valence-electron chi connectivity index (χ2n) is 3.50. The number of hydrogen-bond donors (Lipinski definition) is 0. The Bertz CT molecular complexity index is 405. The number of hydrogen-bond acceptors (Lipinski definition) is 3. The van der Waals surface area contributed by atoms with Gasteiger partial charge in [0.1, 0.15) is 5.75 Å². The van der Waals surface area contributed by atoms with E-state index in [1.165, 1.54) is 29.3 Å². The van der Waals surface area contributed by atoms with Crippen LogP contribution in [0.15, 0.2) is 24.3 Å². The highest BCUT2D eigenvalue weighted by molar-refractivity contribution is 5.94. The molecule has 4 nitrogen and oxygen atoms in total. The van der Waals surface area contributed by atoms with Gasteiger partial charge in [-0.2, -0.15) is 8.78 Å². The third-order valence-corrected chi connectivity index (χ3v) is 2.29. The van der Waals surface area contributed by atoms with Crippen LogP contribution in [-0.2, 0) is 4.84 Å². The molecular formula is C11H11F2NO3. The van der Waals surface area contributed by atoms with Gasteiger partial charge in [-0.25, -0.2) is 5.06 Å². The average molecular weight is 243 g/mol. The molecule has 0 atom stereocenters. The fourth-order valence-electron chi connectivity index (χ4n) is 1.56. The van der Waals surface area contributed by atoms with E-state index in [-0.39, 0.29) is 17.2 Å². The maximum Gasteiger partial charge on any atom is 0.387 e. The first-order chi connectivity index (χ1) is 8.16. The molecule has 2 rings (SSSR count). The minimum absolute atomic E-state index is 0.0370. The summed E-state index contributed by atoms with van der Waals surface area (Å²) in [5.74, 6) is -0.382. The molecule has 1 aromatic rings. The van der Waals surface area contributed by atoms with Crippen molar-refractivity contribution in [1.29, 1.82) is 0 Å². The Morgan fingerprint density at radius 3 is 2.94 bits per heavy atom. The molecule has 17 heavy (non-hydrogen) atoms. The maximum atomic E-state index is 12.0. The number of benzene rings is 1. The smallest absolute Gasteiger partial charge is 0.387 e. The second-order valence-corrected chi connectivity index (χ2v) is 3.50. The molecular weight excluding hydrogens is 232 g/mol. The van der Waals surface area contributed by atoms with Crippen molar-refractivity contribution >= 4 is 5.91 Å². The van der Waals surface area contributed by atoms with Crippen molar-refractivity contribution in [3.05, 3.63) is 29.8 Å². The summed E-state index contributed by atoms with van der Waals surface area (Å²) >= 11 is 0. The lowest BCUT2D eigenvalue weighted by Crippen LogP contribution is -2.26. The van der Waals surface area contributed by atoms with E-state index >= 15 is 0 Å². The third kappa shape index (κ3) is 2.91. The number of amides is 1. The van der Waals surface area contributed by atoms with Crippen molar-refractivity contribution in [3.8, 4) is 5.75 Å². The Hall–Kier alpha value is -1.69. The number of carbonyl (C=O) groups is 1. The summed E-state index contributed by atoms with van der Waals surface area (Å²) < 4.78 is 28.2. The van der Waals surface area contributed by atoms with Crippen molar-refractivity contribution in [2.24, 2.45) is 0 Å². The lowest BCUT2D eigenvalue weighted by Gasteiger charge is -2.14. The van der Waals surface area contributed by atoms with Gasteiger partial charge in [0.25, 0.3) is 5.91 Å². The standard InChI is InChI=1S/C11H11F2NO3/c12-11(13)17-9-4-1-3-8(7-9)10(15)14-5-2-6-16-14/h1,3-4,7,11H,2,5-6H2. The van der Waals surface area contributed by atoms with Gasteiger partial charge in [0.05, 0.1) is 13.2 Å². The predicted octanol–water partition coefficient (Wildman–Crippen LogP) is 2.07. The fourth-order valence-corrected chi connectivity index (χ4v) is 1.56. The summed E-state index contributed by atoms with van der Waals surface area (Å²) in [7, 11) is 0.